The molecule has 3 nitrogen and oxygen atoms in total. The lowest BCUT2D eigenvalue weighted by Gasteiger charge is -2.05. The number of pyridine rings is 1. The number of ketones is 1. The number of carbonyl (C=O) groups is 1. The van der Waals surface area contributed by atoms with Crippen molar-refractivity contribution in [3.05, 3.63) is 58.9 Å². The topological polar surface area (TPSA) is 42.0 Å². The number of fused-ring (bicyclic) bond motifs is 1. The molecule has 0 aliphatic carbocycles. The Morgan fingerprint density at radius 2 is 2.11 bits per heavy atom. The largest absolute Gasteiger partial charge is 0.384 e. The highest BCUT2D eigenvalue weighted by Gasteiger charge is 2.14. The first-order chi connectivity index (χ1) is 8.74. The van der Waals surface area contributed by atoms with Crippen molar-refractivity contribution in [3.63, 3.8) is 0 Å². The Hall–Kier alpha value is -2.16. The maximum atomic E-state index is 12.3. The van der Waals surface area contributed by atoms with Gasteiger partial charge in [0.05, 0.1) is 0 Å². The van der Waals surface area contributed by atoms with Gasteiger partial charge in [-0.2, -0.15) is 0 Å². The van der Waals surface area contributed by atoms with Crippen LogP contribution < -0.4 is 5.32 Å². The van der Waals surface area contributed by atoms with Crippen LogP contribution in [0.4, 0.5) is 5.69 Å². The molecule has 90 valence electrons. The normalized spacial score (nSPS) is 12.9. The molecule has 1 N–H and O–H groups in total. The molecular formula is C15H14N2O. The van der Waals surface area contributed by atoms with E-state index < -0.39 is 0 Å². The van der Waals surface area contributed by atoms with E-state index in [0.29, 0.717) is 5.56 Å². The molecule has 0 saturated heterocycles. The van der Waals surface area contributed by atoms with Crippen LogP contribution in [0.5, 0.6) is 0 Å². The Morgan fingerprint density at radius 3 is 2.94 bits per heavy atom. The summed E-state index contributed by atoms with van der Waals surface area (Å²) >= 11 is 0. The van der Waals surface area contributed by atoms with Crippen LogP contribution in [0.1, 0.15) is 27.0 Å². The van der Waals surface area contributed by atoms with Crippen molar-refractivity contribution < 1.29 is 4.79 Å². The zero-order chi connectivity index (χ0) is 12.5. The van der Waals surface area contributed by atoms with Crippen LogP contribution in [0, 0.1) is 6.92 Å². The molecular weight excluding hydrogens is 224 g/mol. The van der Waals surface area contributed by atoms with Crippen molar-refractivity contribution in [2.24, 2.45) is 0 Å². The molecule has 3 rings (SSSR count). The number of benzene rings is 1. The molecule has 0 fully saturated rings. The molecule has 2 heterocycles. The molecule has 1 aromatic heterocycles. The average molecular weight is 238 g/mol. The number of carbonyl (C=O) groups excluding carboxylic acids is 1. The van der Waals surface area contributed by atoms with Gasteiger partial charge in [-0.25, -0.2) is 0 Å². The monoisotopic (exact) mass is 238 g/mol. The molecule has 0 bridgehead atoms. The summed E-state index contributed by atoms with van der Waals surface area (Å²) in [6.07, 6.45) is 4.41. The molecule has 3 heteroatoms. The predicted octanol–water partition coefficient (Wildman–Crippen LogP) is 2.59. The summed E-state index contributed by atoms with van der Waals surface area (Å²) in [5.74, 6) is 0.0303. The number of nitrogens with zero attached hydrogens (tertiary/aromatic N) is 1. The van der Waals surface area contributed by atoms with Crippen LogP contribution in [-0.2, 0) is 6.42 Å². The fourth-order valence-corrected chi connectivity index (χ4v) is 2.28. The summed E-state index contributed by atoms with van der Waals surface area (Å²) in [5.41, 5.74) is 4.74. The first-order valence-electron chi connectivity index (χ1n) is 6.07. The van der Waals surface area contributed by atoms with Gasteiger partial charge < -0.3 is 5.32 Å². The molecule has 0 saturated carbocycles. The molecule has 18 heavy (non-hydrogen) atoms. The van der Waals surface area contributed by atoms with Gasteiger partial charge in [0.15, 0.2) is 5.78 Å². The van der Waals surface area contributed by atoms with Crippen LogP contribution in [0.3, 0.4) is 0 Å². The molecule has 0 spiro atoms. The van der Waals surface area contributed by atoms with Gasteiger partial charge in [-0.3, -0.25) is 9.78 Å². The number of hydrogen-bond acceptors (Lipinski definition) is 3. The van der Waals surface area contributed by atoms with Crippen molar-refractivity contribution in [2.75, 3.05) is 11.9 Å². The van der Waals surface area contributed by atoms with E-state index in [-0.39, 0.29) is 5.78 Å². The maximum Gasteiger partial charge on any atom is 0.194 e. The van der Waals surface area contributed by atoms with Crippen LogP contribution in [0.2, 0.25) is 0 Å². The summed E-state index contributed by atoms with van der Waals surface area (Å²) < 4.78 is 0. The number of rotatable bonds is 2. The van der Waals surface area contributed by atoms with E-state index in [1.807, 2.05) is 31.2 Å². The number of aryl methyl sites for hydroxylation is 1. The zero-order valence-corrected chi connectivity index (χ0v) is 10.2. The average Bonchev–Trinajstić information content (AvgIpc) is 2.85. The van der Waals surface area contributed by atoms with Gasteiger partial charge in [-0.15, -0.1) is 0 Å². The number of aromatic nitrogens is 1. The summed E-state index contributed by atoms with van der Waals surface area (Å²) in [7, 11) is 0. The van der Waals surface area contributed by atoms with Gasteiger partial charge in [-0.1, -0.05) is 12.1 Å². The minimum Gasteiger partial charge on any atom is -0.384 e. The molecule has 1 aliphatic rings. The van der Waals surface area contributed by atoms with Gasteiger partial charge in [0, 0.05) is 35.8 Å². The van der Waals surface area contributed by atoms with Gasteiger partial charge >= 0.3 is 0 Å². The summed E-state index contributed by atoms with van der Waals surface area (Å²) in [6, 6.07) is 7.74. The van der Waals surface area contributed by atoms with Gasteiger partial charge in [0.1, 0.15) is 0 Å². The minimum absolute atomic E-state index is 0.0303. The fraction of sp³-hybridized carbons (Fsp3) is 0.200. The molecule has 0 amide bonds. The van der Waals surface area contributed by atoms with Crippen LogP contribution in [0.15, 0.2) is 36.7 Å². The lowest BCUT2D eigenvalue weighted by Crippen LogP contribution is -2.03. The first kappa shape index (κ1) is 11.0. The zero-order valence-electron chi connectivity index (χ0n) is 10.2. The Morgan fingerprint density at radius 1 is 1.22 bits per heavy atom. The van der Waals surface area contributed by atoms with Gasteiger partial charge in [0.25, 0.3) is 0 Å². The molecule has 0 unspecified atom stereocenters. The quantitative estimate of drug-likeness (QED) is 0.818. The highest BCUT2D eigenvalue weighted by molar-refractivity contribution is 6.09. The first-order valence-corrected chi connectivity index (χ1v) is 6.07. The third kappa shape index (κ3) is 1.88. The second-order valence-electron chi connectivity index (χ2n) is 4.63. The maximum absolute atomic E-state index is 12.3. The fourth-order valence-electron chi connectivity index (χ4n) is 2.28. The Kier molecular flexibility index (Phi) is 2.59. The van der Waals surface area contributed by atoms with E-state index in [2.05, 4.69) is 10.3 Å². The Bertz CT molecular complexity index is 620. The molecule has 1 aliphatic heterocycles. The lowest BCUT2D eigenvalue weighted by molar-refractivity contribution is 0.103. The minimum atomic E-state index is 0.0303. The molecule has 0 atom stereocenters. The third-order valence-corrected chi connectivity index (χ3v) is 3.22. The summed E-state index contributed by atoms with van der Waals surface area (Å²) in [5, 5.41) is 3.29. The molecule has 1 aromatic carbocycles. The van der Waals surface area contributed by atoms with Crippen molar-refractivity contribution in [1.29, 1.82) is 0 Å². The number of anilines is 1. The van der Waals surface area contributed by atoms with Crippen LogP contribution >= 0.6 is 0 Å². The van der Waals surface area contributed by atoms with Gasteiger partial charge in [0.2, 0.25) is 0 Å². The number of nitrogens with one attached hydrogen (secondary N) is 1. The van der Waals surface area contributed by atoms with Crippen molar-refractivity contribution in [2.45, 2.75) is 13.3 Å². The van der Waals surface area contributed by atoms with Crippen molar-refractivity contribution >= 4 is 11.5 Å². The highest BCUT2D eigenvalue weighted by atomic mass is 16.1. The van der Waals surface area contributed by atoms with E-state index in [0.717, 1.165) is 29.8 Å². The Balaban J connectivity index is 1.98. The summed E-state index contributed by atoms with van der Waals surface area (Å²) in [6.45, 7) is 2.90. The SMILES string of the molecule is Cc1cncc(C(=O)c2ccc3c(c2)NCC3)c1. The number of hydrogen-bond donors (Lipinski definition) is 1. The highest BCUT2D eigenvalue weighted by Crippen LogP contribution is 2.24. The predicted molar refractivity (Wildman–Crippen MR) is 71.0 cm³/mol. The smallest absolute Gasteiger partial charge is 0.194 e. The third-order valence-electron chi connectivity index (χ3n) is 3.22. The van der Waals surface area contributed by atoms with Crippen molar-refractivity contribution in [3.8, 4) is 0 Å². The van der Waals surface area contributed by atoms with Gasteiger partial charge in [-0.05, 0) is 36.6 Å². The van der Waals surface area contributed by atoms with Crippen molar-refractivity contribution in [1.82, 2.24) is 4.98 Å². The van der Waals surface area contributed by atoms with Crippen LogP contribution in [-0.4, -0.2) is 17.3 Å². The standard InChI is InChI=1S/C15H14N2O/c1-10-6-13(9-16-8-10)15(18)12-3-2-11-4-5-17-14(11)7-12/h2-3,6-9,17H,4-5H2,1H3. The van der Waals surface area contributed by atoms with E-state index in [9.17, 15) is 4.79 Å². The van der Waals surface area contributed by atoms with E-state index >= 15 is 0 Å². The van der Waals surface area contributed by atoms with E-state index in [1.165, 1.54) is 5.56 Å². The molecule has 0 radical (unpaired) electrons. The Labute approximate surface area is 106 Å². The molecule has 2 aromatic rings. The van der Waals surface area contributed by atoms with E-state index in [1.54, 1.807) is 12.4 Å². The second-order valence-corrected chi connectivity index (χ2v) is 4.63. The van der Waals surface area contributed by atoms with E-state index in [4.69, 9.17) is 0 Å². The lowest BCUT2D eigenvalue weighted by atomic mass is 10.0. The second kappa shape index (κ2) is 4.26. The van der Waals surface area contributed by atoms with Crippen LogP contribution in [0.25, 0.3) is 0 Å². The summed E-state index contributed by atoms with van der Waals surface area (Å²) in [4.78, 5) is 16.4.